The molecule has 8 nitrogen and oxygen atoms in total. The van der Waals surface area contributed by atoms with E-state index in [-0.39, 0.29) is 23.5 Å². The van der Waals surface area contributed by atoms with Crippen LogP contribution in [0.4, 0.5) is 0 Å². The number of imidazole rings is 1. The highest BCUT2D eigenvalue weighted by Crippen LogP contribution is 2.27. The van der Waals surface area contributed by atoms with Gasteiger partial charge in [0.1, 0.15) is 0 Å². The van der Waals surface area contributed by atoms with E-state index in [1.807, 2.05) is 11.6 Å². The second-order valence-corrected chi connectivity index (χ2v) is 9.99. The van der Waals surface area contributed by atoms with E-state index in [4.69, 9.17) is 0 Å². The van der Waals surface area contributed by atoms with Gasteiger partial charge in [-0.25, -0.2) is 18.4 Å². The molecule has 0 radical (unpaired) electrons. The molecular formula is C16H21N5O3S2. The Balaban J connectivity index is 1.47. The molecule has 4 heterocycles. The van der Waals surface area contributed by atoms with Crippen molar-refractivity contribution in [1.29, 1.82) is 0 Å². The Bertz CT molecular complexity index is 920. The van der Waals surface area contributed by atoms with Gasteiger partial charge in [-0.3, -0.25) is 4.79 Å². The fourth-order valence-electron chi connectivity index (χ4n) is 3.62. The molecule has 0 bridgehead atoms. The van der Waals surface area contributed by atoms with E-state index in [0.717, 1.165) is 22.7 Å². The van der Waals surface area contributed by atoms with Gasteiger partial charge in [-0.2, -0.15) is 0 Å². The van der Waals surface area contributed by atoms with Gasteiger partial charge in [0.05, 0.1) is 47.2 Å². The lowest BCUT2D eigenvalue weighted by atomic mass is 10.0. The minimum atomic E-state index is -3.22. The van der Waals surface area contributed by atoms with Crippen LogP contribution in [0, 0.1) is 5.92 Å². The lowest BCUT2D eigenvalue weighted by Crippen LogP contribution is -2.47. The van der Waals surface area contributed by atoms with Gasteiger partial charge < -0.3 is 14.8 Å². The normalized spacial score (nSPS) is 24.6. The van der Waals surface area contributed by atoms with Crippen LogP contribution in [0.5, 0.6) is 0 Å². The fourth-order valence-corrected chi connectivity index (χ4v) is 6.41. The van der Waals surface area contributed by atoms with Gasteiger partial charge in [0.2, 0.25) is 5.91 Å². The first-order chi connectivity index (χ1) is 12.4. The number of nitrogens with zero attached hydrogens (tertiary/aromatic N) is 4. The van der Waals surface area contributed by atoms with Crippen molar-refractivity contribution in [2.45, 2.75) is 25.6 Å². The molecule has 26 heavy (non-hydrogen) atoms. The van der Waals surface area contributed by atoms with Gasteiger partial charge >= 0.3 is 0 Å². The zero-order chi connectivity index (χ0) is 18.3. The number of hydrogen-bond acceptors (Lipinski definition) is 7. The number of fused-ring (bicyclic) bond motifs is 1. The van der Waals surface area contributed by atoms with Crippen LogP contribution < -0.4 is 5.32 Å². The molecule has 1 fully saturated rings. The lowest BCUT2D eigenvalue weighted by Gasteiger charge is -2.30. The molecule has 0 aliphatic carbocycles. The molecule has 0 aromatic carbocycles. The third-order valence-electron chi connectivity index (χ3n) is 5.12. The molecular weight excluding hydrogens is 374 g/mol. The molecule has 1 saturated heterocycles. The van der Waals surface area contributed by atoms with E-state index in [1.54, 1.807) is 34.3 Å². The summed E-state index contributed by atoms with van der Waals surface area (Å²) in [5, 5.41) is 3.27. The Morgan fingerprint density at radius 2 is 2.27 bits per heavy atom. The molecule has 1 N–H and O–H groups in total. The van der Waals surface area contributed by atoms with Gasteiger partial charge in [0.25, 0.3) is 0 Å². The molecule has 2 aliphatic rings. The monoisotopic (exact) mass is 395 g/mol. The highest BCUT2D eigenvalue weighted by Gasteiger charge is 2.43. The Morgan fingerprint density at radius 3 is 3.04 bits per heavy atom. The Labute approximate surface area is 156 Å². The Morgan fingerprint density at radius 1 is 1.42 bits per heavy atom. The van der Waals surface area contributed by atoms with Crippen LogP contribution in [0.2, 0.25) is 0 Å². The van der Waals surface area contributed by atoms with E-state index in [9.17, 15) is 13.2 Å². The number of hydrogen-bond donors (Lipinski definition) is 1. The first-order valence-electron chi connectivity index (χ1n) is 8.52. The first-order valence-corrected chi connectivity index (χ1v) is 11.2. The molecule has 10 heteroatoms. The van der Waals surface area contributed by atoms with Gasteiger partial charge in [0.15, 0.2) is 9.84 Å². The number of thiazole rings is 1. The summed E-state index contributed by atoms with van der Waals surface area (Å²) in [7, 11) is -1.33. The van der Waals surface area contributed by atoms with Crippen LogP contribution in [0.25, 0.3) is 0 Å². The maximum Gasteiger partial charge on any atom is 0.228 e. The topological polar surface area (TPSA) is 97.2 Å². The summed E-state index contributed by atoms with van der Waals surface area (Å²) < 4.78 is 26.3. The summed E-state index contributed by atoms with van der Waals surface area (Å²) in [6, 6.07) is -0.370. The summed E-state index contributed by atoms with van der Waals surface area (Å²) in [6.45, 7) is 1.61. The second-order valence-electron chi connectivity index (χ2n) is 6.90. The number of aromatic nitrogens is 3. The average Bonchev–Trinajstić information content (AvgIpc) is 3.30. The number of rotatable bonds is 4. The van der Waals surface area contributed by atoms with Crippen molar-refractivity contribution in [2.75, 3.05) is 18.1 Å². The summed E-state index contributed by atoms with van der Waals surface area (Å²) in [5.41, 5.74) is 3.81. The van der Waals surface area contributed by atoms with Crippen molar-refractivity contribution in [3.63, 3.8) is 0 Å². The number of amides is 1. The summed E-state index contributed by atoms with van der Waals surface area (Å²) >= 11 is 1.55. The van der Waals surface area contributed by atoms with Crippen LogP contribution in [-0.2, 0) is 41.2 Å². The minimum absolute atomic E-state index is 0.000898. The Hall–Kier alpha value is -1.78. The average molecular weight is 396 g/mol. The molecule has 2 aromatic rings. The van der Waals surface area contributed by atoms with Crippen molar-refractivity contribution >= 4 is 27.1 Å². The van der Waals surface area contributed by atoms with E-state index < -0.39 is 15.8 Å². The number of sulfone groups is 1. The predicted octanol–water partition coefficient (Wildman–Crippen LogP) is -0.0357. The standard InChI is InChI=1S/C16H21N5O3S2/c1-20-9-17-4-11(20)5-18-14-8-26(23,24)7-12(14)16(22)21-3-2-13-15(6-21)25-10-19-13/h4,9-10,12,14,18H,2-3,5-8H2,1H3/t12-,14-/m1/s1. The third-order valence-corrected chi connectivity index (χ3v) is 7.72. The minimum Gasteiger partial charge on any atom is -0.337 e. The largest absolute Gasteiger partial charge is 0.337 e. The van der Waals surface area contributed by atoms with Crippen LogP contribution in [0.15, 0.2) is 18.0 Å². The smallest absolute Gasteiger partial charge is 0.228 e. The lowest BCUT2D eigenvalue weighted by molar-refractivity contribution is -0.136. The van der Waals surface area contributed by atoms with Gasteiger partial charge in [-0.1, -0.05) is 0 Å². The molecule has 2 aliphatic heterocycles. The molecule has 0 saturated carbocycles. The zero-order valence-corrected chi connectivity index (χ0v) is 16.1. The number of nitrogens with one attached hydrogen (secondary N) is 1. The van der Waals surface area contributed by atoms with Crippen LogP contribution in [0.1, 0.15) is 16.3 Å². The van der Waals surface area contributed by atoms with Crippen molar-refractivity contribution in [2.24, 2.45) is 13.0 Å². The molecule has 4 rings (SSSR count). The van der Waals surface area contributed by atoms with Gasteiger partial charge in [-0.05, 0) is 0 Å². The number of aryl methyl sites for hydroxylation is 1. The molecule has 0 spiro atoms. The van der Waals surface area contributed by atoms with Crippen molar-refractivity contribution in [3.05, 3.63) is 34.3 Å². The molecule has 2 aromatic heterocycles. The van der Waals surface area contributed by atoms with E-state index in [2.05, 4.69) is 15.3 Å². The van der Waals surface area contributed by atoms with Gasteiger partial charge in [0, 0.05) is 43.7 Å². The van der Waals surface area contributed by atoms with Crippen molar-refractivity contribution in [3.8, 4) is 0 Å². The Kier molecular flexibility index (Phi) is 4.57. The maximum absolute atomic E-state index is 13.0. The van der Waals surface area contributed by atoms with Crippen LogP contribution in [-0.4, -0.2) is 57.9 Å². The third kappa shape index (κ3) is 3.40. The molecule has 140 valence electrons. The maximum atomic E-state index is 13.0. The quantitative estimate of drug-likeness (QED) is 0.781. The van der Waals surface area contributed by atoms with Gasteiger partial charge in [-0.15, -0.1) is 11.3 Å². The summed E-state index contributed by atoms with van der Waals surface area (Å²) in [5.74, 6) is -0.697. The highest BCUT2D eigenvalue weighted by atomic mass is 32.2. The van der Waals surface area contributed by atoms with Crippen LogP contribution in [0.3, 0.4) is 0 Å². The fraction of sp³-hybridized carbons (Fsp3) is 0.562. The predicted molar refractivity (Wildman–Crippen MR) is 97.2 cm³/mol. The molecule has 0 unspecified atom stereocenters. The number of carbonyl (C=O) groups is 1. The molecule has 1 amide bonds. The van der Waals surface area contributed by atoms with Crippen molar-refractivity contribution in [1.82, 2.24) is 24.8 Å². The zero-order valence-electron chi connectivity index (χ0n) is 14.5. The van der Waals surface area contributed by atoms with E-state index in [1.165, 1.54) is 0 Å². The summed E-state index contributed by atoms with van der Waals surface area (Å²) in [6.07, 6.45) is 4.17. The first kappa shape index (κ1) is 17.6. The molecule has 2 atom stereocenters. The van der Waals surface area contributed by atoms with E-state index in [0.29, 0.717) is 19.6 Å². The highest BCUT2D eigenvalue weighted by molar-refractivity contribution is 7.91. The number of carbonyl (C=O) groups excluding carboxylic acids is 1. The van der Waals surface area contributed by atoms with E-state index >= 15 is 0 Å². The second kappa shape index (κ2) is 6.75. The van der Waals surface area contributed by atoms with Crippen LogP contribution >= 0.6 is 11.3 Å². The summed E-state index contributed by atoms with van der Waals surface area (Å²) in [4.78, 5) is 24.3. The van der Waals surface area contributed by atoms with Crippen molar-refractivity contribution < 1.29 is 13.2 Å². The SMILES string of the molecule is Cn1cncc1CN[C@@H]1CS(=O)(=O)C[C@H]1C(=O)N1CCc2ncsc2C1.